The van der Waals surface area contributed by atoms with Gasteiger partial charge in [0.2, 0.25) is 5.75 Å². The molecular weight excluding hydrogens is 446 g/mol. The third-order valence-corrected chi connectivity index (χ3v) is 5.15. The Hall–Kier alpha value is -4.64. The number of benzene rings is 3. The quantitative estimate of drug-likeness (QED) is 0.189. The highest BCUT2D eigenvalue weighted by Gasteiger charge is 2.19. The Bertz CT molecular complexity index is 1300. The van der Waals surface area contributed by atoms with Crippen molar-refractivity contribution in [1.29, 1.82) is 5.26 Å². The van der Waals surface area contributed by atoms with Gasteiger partial charge in [-0.3, -0.25) is 14.9 Å². The minimum atomic E-state index is -0.639. The molecule has 1 N–H and O–H groups in total. The smallest absolute Gasteiger partial charge is 0.312 e. The van der Waals surface area contributed by atoms with Crippen molar-refractivity contribution in [3.8, 4) is 23.3 Å². The van der Waals surface area contributed by atoms with E-state index in [1.165, 1.54) is 25.3 Å². The predicted octanol–water partition coefficient (Wildman–Crippen LogP) is 6.24. The maximum absolute atomic E-state index is 12.5. The lowest BCUT2D eigenvalue weighted by atomic mass is 9.87. The van der Waals surface area contributed by atoms with Gasteiger partial charge in [0.15, 0.2) is 0 Å². The number of nitriles is 1. The van der Waals surface area contributed by atoms with Crippen molar-refractivity contribution in [3.63, 3.8) is 0 Å². The zero-order chi connectivity index (χ0) is 25.6. The lowest BCUT2D eigenvalue weighted by Crippen LogP contribution is -2.13. The van der Waals surface area contributed by atoms with E-state index in [0.29, 0.717) is 22.7 Å². The fourth-order valence-electron chi connectivity index (χ4n) is 3.19. The van der Waals surface area contributed by atoms with Crippen LogP contribution in [0.2, 0.25) is 0 Å². The van der Waals surface area contributed by atoms with E-state index in [9.17, 15) is 20.2 Å². The number of carbonyl (C=O) groups excluding carboxylic acids is 1. The van der Waals surface area contributed by atoms with E-state index in [2.05, 4.69) is 26.1 Å². The predicted molar refractivity (Wildman–Crippen MR) is 134 cm³/mol. The van der Waals surface area contributed by atoms with Crippen molar-refractivity contribution in [2.75, 3.05) is 12.4 Å². The molecule has 0 aromatic heterocycles. The molecule has 0 saturated heterocycles. The Balaban J connectivity index is 1.82. The van der Waals surface area contributed by atoms with Crippen LogP contribution in [0.4, 0.5) is 11.4 Å². The second-order valence-corrected chi connectivity index (χ2v) is 8.71. The summed E-state index contributed by atoms with van der Waals surface area (Å²) < 4.78 is 10.8. The number of hydrogen-bond donors (Lipinski definition) is 1. The number of anilines is 1. The molecule has 8 nitrogen and oxygen atoms in total. The molecule has 0 saturated carbocycles. The number of nitro benzene ring substituents is 1. The van der Waals surface area contributed by atoms with Crippen LogP contribution < -0.4 is 14.8 Å². The van der Waals surface area contributed by atoms with Crippen molar-refractivity contribution in [2.45, 2.75) is 26.2 Å². The molecule has 0 atom stereocenters. The molecule has 0 aliphatic heterocycles. The minimum Gasteiger partial charge on any atom is -0.497 e. The van der Waals surface area contributed by atoms with Gasteiger partial charge in [-0.2, -0.15) is 5.26 Å². The third kappa shape index (κ3) is 6.45. The van der Waals surface area contributed by atoms with Crippen LogP contribution in [0, 0.1) is 21.4 Å². The minimum absolute atomic E-state index is 0.0311. The number of nitrogens with one attached hydrogen (secondary N) is 1. The first-order valence-electron chi connectivity index (χ1n) is 10.7. The molecule has 3 rings (SSSR count). The largest absolute Gasteiger partial charge is 0.497 e. The Labute approximate surface area is 203 Å². The summed E-state index contributed by atoms with van der Waals surface area (Å²) in [7, 11) is 1.53. The Morgan fingerprint density at radius 1 is 1.03 bits per heavy atom. The maximum atomic E-state index is 12.5. The number of ether oxygens (including phenoxy) is 2. The van der Waals surface area contributed by atoms with Crippen LogP contribution in [0.5, 0.6) is 17.2 Å². The summed E-state index contributed by atoms with van der Waals surface area (Å²) >= 11 is 0. The number of nitrogens with zero attached hydrogens (tertiary/aromatic N) is 2. The third-order valence-electron chi connectivity index (χ3n) is 5.15. The van der Waals surface area contributed by atoms with Crippen LogP contribution in [-0.2, 0) is 10.2 Å². The number of amides is 1. The Morgan fingerprint density at radius 3 is 2.20 bits per heavy atom. The second-order valence-electron chi connectivity index (χ2n) is 8.71. The molecule has 0 spiro atoms. The summed E-state index contributed by atoms with van der Waals surface area (Å²) in [5.74, 6) is 0.497. The topological polar surface area (TPSA) is 114 Å². The number of nitro groups is 1. The summed E-state index contributed by atoms with van der Waals surface area (Å²) in [5, 5.41) is 23.8. The van der Waals surface area contributed by atoms with Crippen LogP contribution in [0.15, 0.2) is 72.3 Å². The van der Waals surface area contributed by atoms with Crippen molar-refractivity contribution in [2.24, 2.45) is 0 Å². The van der Waals surface area contributed by atoms with Crippen molar-refractivity contribution < 1.29 is 19.2 Å². The van der Waals surface area contributed by atoms with Crippen molar-refractivity contribution in [1.82, 2.24) is 0 Å². The molecule has 1 amide bonds. The number of hydrogen-bond acceptors (Lipinski definition) is 6. The molecule has 35 heavy (non-hydrogen) atoms. The number of methoxy groups -OCH3 is 1. The van der Waals surface area contributed by atoms with Crippen LogP contribution in [0.1, 0.15) is 31.9 Å². The molecule has 0 bridgehead atoms. The van der Waals surface area contributed by atoms with E-state index < -0.39 is 10.8 Å². The molecule has 0 fully saturated rings. The standard InChI is InChI=1S/C27H25N3O5/c1-27(2,3)20-6-10-23(11-7-20)35-25-14-5-18(16-24(25)30(32)33)15-19(17-28)26(31)29-21-8-12-22(34-4)13-9-21/h5-16H,1-4H3,(H,29,31)/b19-15+. The van der Waals surface area contributed by atoms with Gasteiger partial charge in [0.1, 0.15) is 23.1 Å². The summed E-state index contributed by atoms with van der Waals surface area (Å²) in [6, 6.07) is 20.0. The highest BCUT2D eigenvalue weighted by atomic mass is 16.6. The zero-order valence-electron chi connectivity index (χ0n) is 19.9. The Morgan fingerprint density at radius 2 is 1.66 bits per heavy atom. The lowest BCUT2D eigenvalue weighted by molar-refractivity contribution is -0.385. The van der Waals surface area contributed by atoms with E-state index in [4.69, 9.17) is 9.47 Å². The maximum Gasteiger partial charge on any atom is 0.312 e. The van der Waals surface area contributed by atoms with E-state index in [0.717, 1.165) is 5.56 Å². The molecule has 8 heteroatoms. The first-order chi connectivity index (χ1) is 16.6. The van der Waals surface area contributed by atoms with E-state index in [1.54, 1.807) is 42.5 Å². The van der Waals surface area contributed by atoms with Gasteiger partial charge in [0.25, 0.3) is 5.91 Å². The molecule has 0 unspecified atom stereocenters. The molecule has 0 radical (unpaired) electrons. The highest BCUT2D eigenvalue weighted by molar-refractivity contribution is 6.09. The molecule has 0 aliphatic carbocycles. The first-order valence-corrected chi connectivity index (χ1v) is 10.7. The van der Waals surface area contributed by atoms with Gasteiger partial charge >= 0.3 is 5.69 Å². The van der Waals surface area contributed by atoms with Crippen molar-refractivity contribution >= 4 is 23.4 Å². The molecule has 3 aromatic rings. The average molecular weight is 472 g/mol. The molecule has 178 valence electrons. The average Bonchev–Trinajstić information content (AvgIpc) is 2.83. The fourth-order valence-corrected chi connectivity index (χ4v) is 3.19. The second kappa shape index (κ2) is 10.5. The molecule has 0 heterocycles. The zero-order valence-corrected chi connectivity index (χ0v) is 19.9. The van der Waals surface area contributed by atoms with Gasteiger partial charge in [0.05, 0.1) is 12.0 Å². The first kappa shape index (κ1) is 25.0. The van der Waals surface area contributed by atoms with Crippen molar-refractivity contribution in [3.05, 3.63) is 93.5 Å². The van der Waals surface area contributed by atoms with Gasteiger partial charge < -0.3 is 14.8 Å². The lowest BCUT2D eigenvalue weighted by Gasteiger charge is -2.19. The molecule has 3 aromatic carbocycles. The fraction of sp³-hybridized carbons (Fsp3) is 0.185. The monoisotopic (exact) mass is 471 g/mol. The highest BCUT2D eigenvalue weighted by Crippen LogP contribution is 2.34. The van der Waals surface area contributed by atoms with Crippen LogP contribution in [0.3, 0.4) is 0 Å². The normalized spacial score (nSPS) is 11.3. The summed E-state index contributed by atoms with van der Waals surface area (Å²) in [5.41, 5.74) is 1.37. The van der Waals surface area contributed by atoms with Gasteiger partial charge in [-0.05, 0) is 65.1 Å². The van der Waals surface area contributed by atoms with Crippen LogP contribution in [0.25, 0.3) is 6.08 Å². The summed E-state index contributed by atoms with van der Waals surface area (Å²) in [6.45, 7) is 6.27. The van der Waals surface area contributed by atoms with Crippen LogP contribution in [-0.4, -0.2) is 17.9 Å². The van der Waals surface area contributed by atoms with Crippen LogP contribution >= 0.6 is 0 Å². The Kier molecular flexibility index (Phi) is 7.52. The number of carbonyl (C=O) groups is 1. The van der Waals surface area contributed by atoms with Gasteiger partial charge in [-0.15, -0.1) is 0 Å². The summed E-state index contributed by atoms with van der Waals surface area (Å²) in [6.07, 6.45) is 1.29. The van der Waals surface area contributed by atoms with Gasteiger partial charge in [-0.1, -0.05) is 39.0 Å². The van der Waals surface area contributed by atoms with E-state index >= 15 is 0 Å². The molecular formula is C27H25N3O5. The van der Waals surface area contributed by atoms with E-state index in [-0.39, 0.29) is 22.4 Å². The van der Waals surface area contributed by atoms with E-state index in [1.807, 2.05) is 18.2 Å². The summed E-state index contributed by atoms with van der Waals surface area (Å²) in [4.78, 5) is 23.6. The van der Waals surface area contributed by atoms with Gasteiger partial charge in [0, 0.05) is 11.8 Å². The van der Waals surface area contributed by atoms with Gasteiger partial charge in [-0.25, -0.2) is 0 Å². The number of rotatable bonds is 7. The SMILES string of the molecule is COc1ccc(NC(=O)/C(C#N)=C/c2ccc(Oc3ccc(C(C)(C)C)cc3)c([N+](=O)[O-])c2)cc1. The molecule has 0 aliphatic rings.